The van der Waals surface area contributed by atoms with E-state index in [1.807, 2.05) is 11.3 Å². The zero-order valence-electron chi connectivity index (χ0n) is 27.1. The molecular weight excluding hydrogens is 587 g/mol. The summed E-state index contributed by atoms with van der Waals surface area (Å²) in [5.41, 5.74) is 12.8. The van der Waals surface area contributed by atoms with Gasteiger partial charge in [0.05, 0.1) is 11.8 Å². The van der Waals surface area contributed by atoms with Crippen LogP contribution in [-0.2, 0) is 0 Å². The summed E-state index contributed by atoms with van der Waals surface area (Å²) in [4.78, 5) is 5.56. The Balaban J connectivity index is 1.38. The fourth-order valence-corrected chi connectivity index (χ4v) is 7.54. The highest BCUT2D eigenvalue weighted by Crippen LogP contribution is 2.40. The van der Waals surface area contributed by atoms with Gasteiger partial charge in [0, 0.05) is 25.7 Å². The van der Waals surface area contributed by atoms with Crippen molar-refractivity contribution in [3.05, 3.63) is 186 Å². The zero-order valence-corrected chi connectivity index (χ0v) is 27.9. The molecule has 228 valence electrons. The van der Waals surface area contributed by atoms with Gasteiger partial charge in [-0.15, -0.1) is 11.3 Å². The number of fused-ring (bicyclic) bond motifs is 3. The Kier molecular flexibility index (Phi) is 8.52. The van der Waals surface area contributed by atoms with Gasteiger partial charge in [-0.3, -0.25) is 4.99 Å². The van der Waals surface area contributed by atoms with Crippen molar-refractivity contribution in [2.75, 3.05) is 0 Å². The van der Waals surface area contributed by atoms with Gasteiger partial charge in [0.25, 0.3) is 0 Å². The van der Waals surface area contributed by atoms with Gasteiger partial charge in [-0.25, -0.2) is 0 Å². The molecule has 1 aromatic heterocycles. The standard InChI is InChI=1S/C45H37NS/c1-30(2)44(37-19-12-7-13-20-37)46-45(32(4)31(3)33-15-8-5-9-16-33)40-21-14-22-41-43(40)39-28-27-38(29-42(39)47-41)36-25-23-35(24-26-36)34-17-10-6-11-18-34/h5-29,44H,1H2,2-4H3/b32-31+,46-45?. The van der Waals surface area contributed by atoms with Crippen molar-refractivity contribution in [1.29, 1.82) is 0 Å². The number of nitrogens with zero attached hydrogens (tertiary/aromatic N) is 1. The molecule has 0 saturated heterocycles. The third-order valence-electron chi connectivity index (χ3n) is 9.04. The summed E-state index contributed by atoms with van der Waals surface area (Å²) < 4.78 is 2.54. The number of rotatable bonds is 8. The first-order chi connectivity index (χ1) is 23.0. The number of thiophene rings is 1. The lowest BCUT2D eigenvalue weighted by molar-refractivity contribution is 0.852. The summed E-state index contributed by atoms with van der Waals surface area (Å²) in [5, 5.41) is 2.51. The van der Waals surface area contributed by atoms with Crippen molar-refractivity contribution >= 4 is 42.8 Å². The summed E-state index contributed by atoms with van der Waals surface area (Å²) in [6, 6.07) is 54.0. The molecule has 0 fully saturated rings. The second-order valence-corrected chi connectivity index (χ2v) is 13.3. The highest BCUT2D eigenvalue weighted by Gasteiger charge is 2.20. The summed E-state index contributed by atoms with van der Waals surface area (Å²) in [6.45, 7) is 10.9. The average Bonchev–Trinajstić information content (AvgIpc) is 3.51. The first kappa shape index (κ1) is 30.3. The molecule has 7 aromatic rings. The molecule has 2 heteroatoms. The number of benzene rings is 6. The Bertz CT molecular complexity index is 2250. The second-order valence-electron chi connectivity index (χ2n) is 12.2. The van der Waals surface area contributed by atoms with Crippen LogP contribution in [0.4, 0.5) is 0 Å². The quantitative estimate of drug-likeness (QED) is 0.118. The van der Waals surface area contributed by atoms with Crippen LogP contribution in [0.5, 0.6) is 0 Å². The molecule has 1 atom stereocenters. The lowest BCUT2D eigenvalue weighted by Gasteiger charge is -2.19. The molecule has 1 nitrogen and oxygen atoms in total. The molecule has 0 N–H and O–H groups in total. The Morgan fingerprint density at radius 2 is 1.15 bits per heavy atom. The maximum atomic E-state index is 5.56. The minimum absolute atomic E-state index is 0.157. The van der Waals surface area contributed by atoms with Gasteiger partial charge in [0.15, 0.2) is 0 Å². The van der Waals surface area contributed by atoms with E-state index >= 15 is 0 Å². The molecule has 47 heavy (non-hydrogen) atoms. The predicted molar refractivity (Wildman–Crippen MR) is 205 cm³/mol. The van der Waals surface area contributed by atoms with Crippen LogP contribution in [0.25, 0.3) is 48.0 Å². The van der Waals surface area contributed by atoms with E-state index < -0.39 is 0 Å². The van der Waals surface area contributed by atoms with Crippen molar-refractivity contribution in [1.82, 2.24) is 0 Å². The third-order valence-corrected chi connectivity index (χ3v) is 10.2. The van der Waals surface area contributed by atoms with Crippen molar-refractivity contribution < 1.29 is 0 Å². The van der Waals surface area contributed by atoms with Crippen LogP contribution >= 0.6 is 11.3 Å². The van der Waals surface area contributed by atoms with E-state index in [4.69, 9.17) is 4.99 Å². The van der Waals surface area contributed by atoms with Crippen LogP contribution in [0.2, 0.25) is 0 Å². The number of allylic oxidation sites excluding steroid dienone is 2. The van der Waals surface area contributed by atoms with Crippen LogP contribution in [-0.4, -0.2) is 5.71 Å². The van der Waals surface area contributed by atoms with Crippen LogP contribution in [0, 0.1) is 0 Å². The maximum absolute atomic E-state index is 5.56. The van der Waals surface area contributed by atoms with Gasteiger partial charge in [-0.2, -0.15) is 0 Å². The molecule has 7 rings (SSSR count). The molecular formula is C45H37NS. The summed E-state index contributed by atoms with van der Waals surface area (Å²) >= 11 is 1.85. The van der Waals surface area contributed by atoms with Gasteiger partial charge < -0.3 is 0 Å². The molecule has 0 spiro atoms. The fraction of sp³-hybridized carbons (Fsp3) is 0.0889. The van der Waals surface area contributed by atoms with Crippen LogP contribution in [0.1, 0.15) is 43.5 Å². The molecule has 0 amide bonds. The monoisotopic (exact) mass is 623 g/mol. The first-order valence-electron chi connectivity index (χ1n) is 16.1. The van der Waals surface area contributed by atoms with Crippen molar-refractivity contribution in [3.8, 4) is 22.3 Å². The molecule has 0 saturated carbocycles. The molecule has 6 aromatic carbocycles. The lowest BCUT2D eigenvalue weighted by Crippen LogP contribution is -2.09. The van der Waals surface area contributed by atoms with E-state index in [-0.39, 0.29) is 6.04 Å². The predicted octanol–water partition coefficient (Wildman–Crippen LogP) is 13.0. The summed E-state index contributed by atoms with van der Waals surface area (Å²) in [5.74, 6) is 0. The van der Waals surface area contributed by atoms with E-state index in [9.17, 15) is 0 Å². The smallest absolute Gasteiger partial charge is 0.0961 e. The van der Waals surface area contributed by atoms with Gasteiger partial charge in [-0.05, 0) is 77.4 Å². The normalized spacial score (nSPS) is 13.0. The SMILES string of the molecule is C=C(C)C(N=C(/C(C)=C(\C)c1ccccc1)c1cccc2sc3cc(-c4ccc(-c5ccccc5)cc4)ccc3c12)c1ccccc1. The van der Waals surface area contributed by atoms with Gasteiger partial charge in [0.2, 0.25) is 0 Å². The summed E-state index contributed by atoms with van der Waals surface area (Å²) in [6.07, 6.45) is 0. The highest BCUT2D eigenvalue weighted by molar-refractivity contribution is 7.26. The molecule has 0 bridgehead atoms. The molecule has 0 radical (unpaired) electrons. The molecule has 0 aliphatic heterocycles. The van der Waals surface area contributed by atoms with E-state index in [0.29, 0.717) is 0 Å². The van der Waals surface area contributed by atoms with E-state index in [1.54, 1.807) is 0 Å². The minimum atomic E-state index is -0.157. The largest absolute Gasteiger partial charge is 0.272 e. The number of hydrogen-bond acceptors (Lipinski definition) is 2. The molecule has 1 heterocycles. The van der Waals surface area contributed by atoms with Crippen LogP contribution < -0.4 is 0 Å². The molecule has 0 aliphatic carbocycles. The Morgan fingerprint density at radius 3 is 1.81 bits per heavy atom. The first-order valence-corrected chi connectivity index (χ1v) is 16.9. The topological polar surface area (TPSA) is 12.4 Å². The Morgan fingerprint density at radius 1 is 0.574 bits per heavy atom. The van der Waals surface area contributed by atoms with Crippen molar-refractivity contribution in [3.63, 3.8) is 0 Å². The zero-order chi connectivity index (χ0) is 32.3. The van der Waals surface area contributed by atoms with E-state index in [0.717, 1.165) is 22.4 Å². The highest BCUT2D eigenvalue weighted by atomic mass is 32.1. The Labute approximate surface area is 281 Å². The lowest BCUT2D eigenvalue weighted by atomic mass is 9.91. The van der Waals surface area contributed by atoms with Crippen LogP contribution in [0.15, 0.2) is 174 Å². The summed E-state index contributed by atoms with van der Waals surface area (Å²) in [7, 11) is 0. The third kappa shape index (κ3) is 6.13. The average molecular weight is 624 g/mol. The van der Waals surface area contributed by atoms with E-state index in [2.05, 4.69) is 179 Å². The minimum Gasteiger partial charge on any atom is -0.272 e. The maximum Gasteiger partial charge on any atom is 0.0961 e. The number of hydrogen-bond donors (Lipinski definition) is 0. The van der Waals surface area contributed by atoms with Gasteiger partial charge in [0.1, 0.15) is 0 Å². The number of aliphatic imine (C=N–C) groups is 1. The van der Waals surface area contributed by atoms with Crippen molar-refractivity contribution in [2.45, 2.75) is 26.8 Å². The second kappa shape index (κ2) is 13.2. The van der Waals surface area contributed by atoms with E-state index in [1.165, 1.54) is 59.1 Å². The van der Waals surface area contributed by atoms with Crippen molar-refractivity contribution in [2.24, 2.45) is 4.99 Å². The van der Waals surface area contributed by atoms with Gasteiger partial charge >= 0.3 is 0 Å². The Hall–Kier alpha value is -5.31. The molecule has 1 unspecified atom stereocenters. The molecule has 0 aliphatic rings. The fourth-order valence-electron chi connectivity index (χ4n) is 6.37. The van der Waals surface area contributed by atoms with Gasteiger partial charge in [-0.1, -0.05) is 152 Å². The van der Waals surface area contributed by atoms with Crippen LogP contribution in [0.3, 0.4) is 0 Å².